The zero-order valence-electron chi connectivity index (χ0n) is 16.2. The SMILES string of the molecule is CN=C(NCCCOCc1ccc(OC)cc1)NCC(C)c1ccsc1.I. The Hall–Kier alpha value is -1.32. The Bertz CT molecular complexity index is 648. The molecule has 2 aromatic rings. The van der Waals surface area contributed by atoms with Gasteiger partial charge < -0.3 is 20.1 Å². The number of nitrogens with one attached hydrogen (secondary N) is 2. The molecule has 0 spiro atoms. The smallest absolute Gasteiger partial charge is 0.190 e. The quantitative estimate of drug-likeness (QED) is 0.220. The van der Waals surface area contributed by atoms with Crippen LogP contribution in [0.15, 0.2) is 46.1 Å². The van der Waals surface area contributed by atoms with Gasteiger partial charge in [-0.3, -0.25) is 4.99 Å². The van der Waals surface area contributed by atoms with E-state index in [4.69, 9.17) is 9.47 Å². The van der Waals surface area contributed by atoms with Gasteiger partial charge in [-0.1, -0.05) is 19.1 Å². The van der Waals surface area contributed by atoms with Gasteiger partial charge in [0.2, 0.25) is 0 Å². The summed E-state index contributed by atoms with van der Waals surface area (Å²) in [6.07, 6.45) is 0.928. The first-order chi connectivity index (χ1) is 12.7. The summed E-state index contributed by atoms with van der Waals surface area (Å²) in [7, 11) is 3.47. The molecule has 0 radical (unpaired) electrons. The van der Waals surface area contributed by atoms with Crippen molar-refractivity contribution in [3.05, 3.63) is 52.2 Å². The highest BCUT2D eigenvalue weighted by Crippen LogP contribution is 2.17. The second-order valence-corrected chi connectivity index (χ2v) is 6.87. The van der Waals surface area contributed by atoms with Gasteiger partial charge >= 0.3 is 0 Å². The molecule has 0 bridgehead atoms. The first kappa shape index (κ1) is 23.7. The molecule has 0 saturated carbocycles. The van der Waals surface area contributed by atoms with Crippen LogP contribution in [-0.4, -0.2) is 39.8 Å². The van der Waals surface area contributed by atoms with Gasteiger partial charge in [0.1, 0.15) is 5.75 Å². The van der Waals surface area contributed by atoms with Gasteiger partial charge in [0.25, 0.3) is 0 Å². The number of benzene rings is 1. The fourth-order valence-corrected chi connectivity index (χ4v) is 3.22. The molecule has 0 fully saturated rings. The van der Waals surface area contributed by atoms with E-state index in [1.165, 1.54) is 5.56 Å². The summed E-state index contributed by atoms with van der Waals surface area (Å²) in [6.45, 7) is 5.24. The molecule has 7 heteroatoms. The van der Waals surface area contributed by atoms with E-state index in [-0.39, 0.29) is 24.0 Å². The molecule has 2 N–H and O–H groups in total. The van der Waals surface area contributed by atoms with Crippen molar-refractivity contribution in [2.75, 3.05) is 33.9 Å². The van der Waals surface area contributed by atoms with Gasteiger partial charge in [0.05, 0.1) is 13.7 Å². The standard InChI is InChI=1S/C20H29N3O2S.HI/c1-16(18-9-12-26-15-18)13-23-20(21-2)22-10-4-11-25-14-17-5-7-19(24-3)8-6-17;/h5-9,12,15-16H,4,10-11,13-14H2,1-3H3,(H2,21,22,23);1H. The second kappa shape index (κ2) is 13.8. The Morgan fingerprint density at radius 1 is 1.19 bits per heavy atom. The average molecular weight is 503 g/mol. The number of hydrogen-bond acceptors (Lipinski definition) is 4. The van der Waals surface area contributed by atoms with Gasteiger partial charge in [0.15, 0.2) is 5.96 Å². The first-order valence-electron chi connectivity index (χ1n) is 8.90. The summed E-state index contributed by atoms with van der Waals surface area (Å²) in [4.78, 5) is 4.27. The lowest BCUT2D eigenvalue weighted by Crippen LogP contribution is -2.39. The molecule has 0 aliphatic rings. The molecule has 150 valence electrons. The van der Waals surface area contributed by atoms with Crippen molar-refractivity contribution < 1.29 is 9.47 Å². The zero-order chi connectivity index (χ0) is 18.6. The minimum absolute atomic E-state index is 0. The van der Waals surface area contributed by atoms with E-state index in [9.17, 15) is 0 Å². The Kier molecular flexibility index (Phi) is 12.1. The van der Waals surface area contributed by atoms with Crippen LogP contribution in [-0.2, 0) is 11.3 Å². The minimum Gasteiger partial charge on any atom is -0.497 e. The maximum Gasteiger partial charge on any atom is 0.190 e. The lowest BCUT2D eigenvalue weighted by molar-refractivity contribution is 0.119. The van der Waals surface area contributed by atoms with Crippen molar-refractivity contribution in [1.82, 2.24) is 10.6 Å². The minimum atomic E-state index is 0. The predicted molar refractivity (Wildman–Crippen MR) is 125 cm³/mol. The molecule has 1 aromatic heterocycles. The fraction of sp³-hybridized carbons (Fsp3) is 0.450. The van der Waals surface area contributed by atoms with E-state index in [2.05, 4.69) is 39.4 Å². The monoisotopic (exact) mass is 503 g/mol. The number of hydrogen-bond donors (Lipinski definition) is 2. The number of methoxy groups -OCH3 is 1. The second-order valence-electron chi connectivity index (χ2n) is 6.09. The Balaban J connectivity index is 0.00000364. The molecule has 0 aliphatic heterocycles. The summed E-state index contributed by atoms with van der Waals surface area (Å²) in [5.41, 5.74) is 2.52. The number of guanidine groups is 1. The van der Waals surface area contributed by atoms with Crippen LogP contribution in [0.4, 0.5) is 0 Å². The van der Waals surface area contributed by atoms with Crippen molar-refractivity contribution >= 4 is 41.3 Å². The summed E-state index contributed by atoms with van der Waals surface area (Å²) in [5, 5.41) is 11.0. The molecule has 1 aromatic carbocycles. The molecule has 1 unspecified atom stereocenters. The summed E-state index contributed by atoms with van der Waals surface area (Å²) >= 11 is 1.74. The lowest BCUT2D eigenvalue weighted by atomic mass is 10.1. The number of rotatable bonds is 10. The summed E-state index contributed by atoms with van der Waals surface area (Å²) in [5.74, 6) is 2.17. The molecular formula is C20H30IN3O2S. The molecule has 27 heavy (non-hydrogen) atoms. The van der Waals surface area contributed by atoms with Crippen LogP contribution in [0.1, 0.15) is 30.4 Å². The van der Waals surface area contributed by atoms with Gasteiger partial charge in [-0.25, -0.2) is 0 Å². The normalized spacial score (nSPS) is 12.2. The van der Waals surface area contributed by atoms with E-state index < -0.39 is 0 Å². The van der Waals surface area contributed by atoms with Crippen LogP contribution in [0, 0.1) is 0 Å². The van der Waals surface area contributed by atoms with Crippen molar-refractivity contribution in [3.8, 4) is 5.75 Å². The van der Waals surface area contributed by atoms with E-state index in [0.717, 1.165) is 36.8 Å². The number of thiophene rings is 1. The predicted octanol–water partition coefficient (Wildman–Crippen LogP) is 4.25. The Morgan fingerprint density at radius 3 is 2.59 bits per heavy atom. The van der Waals surface area contributed by atoms with Gasteiger partial charge in [-0.2, -0.15) is 11.3 Å². The third kappa shape index (κ3) is 8.94. The number of nitrogens with zero attached hydrogens (tertiary/aromatic N) is 1. The van der Waals surface area contributed by atoms with Crippen LogP contribution >= 0.6 is 35.3 Å². The molecule has 2 rings (SSSR count). The Morgan fingerprint density at radius 2 is 1.96 bits per heavy atom. The van der Waals surface area contributed by atoms with Gasteiger partial charge in [0, 0.05) is 26.7 Å². The molecule has 1 atom stereocenters. The van der Waals surface area contributed by atoms with Gasteiger partial charge in [-0.15, -0.1) is 24.0 Å². The molecular weight excluding hydrogens is 473 g/mol. The summed E-state index contributed by atoms with van der Waals surface area (Å²) in [6, 6.07) is 10.1. The van der Waals surface area contributed by atoms with Crippen LogP contribution in [0.5, 0.6) is 5.75 Å². The highest BCUT2D eigenvalue weighted by Gasteiger charge is 2.06. The Labute approximate surface area is 183 Å². The van der Waals surface area contributed by atoms with E-state index in [0.29, 0.717) is 19.1 Å². The number of ether oxygens (including phenoxy) is 2. The maximum absolute atomic E-state index is 5.72. The third-order valence-corrected chi connectivity index (χ3v) is 4.80. The molecule has 0 aliphatic carbocycles. The lowest BCUT2D eigenvalue weighted by Gasteiger charge is -2.15. The van der Waals surface area contributed by atoms with Crippen molar-refractivity contribution in [1.29, 1.82) is 0 Å². The van der Waals surface area contributed by atoms with Crippen molar-refractivity contribution in [3.63, 3.8) is 0 Å². The zero-order valence-corrected chi connectivity index (χ0v) is 19.4. The largest absolute Gasteiger partial charge is 0.497 e. The number of aliphatic imine (C=N–C) groups is 1. The highest BCUT2D eigenvalue weighted by molar-refractivity contribution is 14.0. The molecule has 5 nitrogen and oxygen atoms in total. The van der Waals surface area contributed by atoms with Crippen LogP contribution in [0.2, 0.25) is 0 Å². The highest BCUT2D eigenvalue weighted by atomic mass is 127. The topological polar surface area (TPSA) is 54.9 Å². The fourth-order valence-electron chi connectivity index (χ4n) is 2.44. The third-order valence-electron chi connectivity index (χ3n) is 4.10. The first-order valence-corrected chi connectivity index (χ1v) is 9.84. The van der Waals surface area contributed by atoms with E-state index >= 15 is 0 Å². The average Bonchev–Trinajstić information content (AvgIpc) is 3.22. The van der Waals surface area contributed by atoms with Crippen molar-refractivity contribution in [2.45, 2.75) is 25.9 Å². The van der Waals surface area contributed by atoms with Crippen LogP contribution in [0.3, 0.4) is 0 Å². The van der Waals surface area contributed by atoms with Gasteiger partial charge in [-0.05, 0) is 52.4 Å². The number of halogens is 1. The van der Waals surface area contributed by atoms with E-state index in [1.807, 2.05) is 24.3 Å². The summed E-state index contributed by atoms with van der Waals surface area (Å²) < 4.78 is 10.9. The van der Waals surface area contributed by atoms with E-state index in [1.54, 1.807) is 25.5 Å². The van der Waals surface area contributed by atoms with Crippen LogP contribution in [0.25, 0.3) is 0 Å². The molecule has 0 amide bonds. The molecule has 1 heterocycles. The maximum atomic E-state index is 5.72. The van der Waals surface area contributed by atoms with Crippen LogP contribution < -0.4 is 15.4 Å². The van der Waals surface area contributed by atoms with Crippen molar-refractivity contribution in [2.24, 2.45) is 4.99 Å². The molecule has 0 saturated heterocycles.